The van der Waals surface area contributed by atoms with Crippen LogP contribution in [0, 0.1) is 0 Å². The molecule has 0 spiro atoms. The number of anilines is 1. The topological polar surface area (TPSA) is 70.4 Å². The van der Waals surface area contributed by atoms with Crippen molar-refractivity contribution in [3.05, 3.63) is 27.8 Å². The molecule has 0 atom stereocenters. The Bertz CT molecular complexity index is 1120. The van der Waals surface area contributed by atoms with Gasteiger partial charge in [0.2, 0.25) is 5.13 Å². The molecule has 0 aliphatic carbocycles. The fraction of sp³-hybridized carbons (Fsp3) is 0.444. The Morgan fingerprint density at radius 3 is 2.53 bits per heavy atom. The molecule has 4 rings (SSSR count). The molecular weight excluding hydrogens is 518 g/mol. The van der Waals surface area contributed by atoms with Gasteiger partial charge in [-0.15, -0.1) is 10.2 Å². The summed E-state index contributed by atoms with van der Waals surface area (Å²) in [6, 6.07) is 3.30. The number of urea groups is 1. The van der Waals surface area contributed by atoms with Gasteiger partial charge in [0.1, 0.15) is 0 Å². The fourth-order valence-electron chi connectivity index (χ4n) is 3.55. The maximum absolute atomic E-state index is 12.9. The normalized spacial score (nSPS) is 14.8. The second-order valence-corrected chi connectivity index (χ2v) is 9.07. The predicted octanol–water partition coefficient (Wildman–Crippen LogP) is 4.02. The second-order valence-electron chi connectivity index (χ2n) is 7.17. The number of carbonyl (C=O) groups excluding carboxylic acids is 1. The summed E-state index contributed by atoms with van der Waals surface area (Å²) in [7, 11) is 1.36. The number of amides is 2. The van der Waals surface area contributed by atoms with Crippen LogP contribution in [0.3, 0.4) is 0 Å². The van der Waals surface area contributed by atoms with E-state index in [1.165, 1.54) is 11.7 Å². The third-order valence-electron chi connectivity index (χ3n) is 5.06. The van der Waals surface area contributed by atoms with Crippen molar-refractivity contribution in [3.63, 3.8) is 0 Å². The average Bonchev–Trinajstić information content (AvgIpc) is 3.39. The van der Waals surface area contributed by atoms with Crippen molar-refractivity contribution in [3.8, 4) is 5.13 Å². The summed E-state index contributed by atoms with van der Waals surface area (Å²) in [5.74, 6) is 0. The third kappa shape index (κ3) is 4.51. The molecule has 3 aromatic rings. The van der Waals surface area contributed by atoms with Gasteiger partial charge >= 0.3 is 6.03 Å². The van der Waals surface area contributed by atoms with Crippen LogP contribution in [0.15, 0.2) is 22.8 Å². The zero-order valence-electron chi connectivity index (χ0n) is 16.8. The molecule has 3 heterocycles. The minimum atomic E-state index is -2.70. The van der Waals surface area contributed by atoms with Crippen LogP contribution in [0.2, 0.25) is 0 Å². The smallest absolute Gasteiger partial charge is 0.320 e. The number of piperazine rings is 1. The number of alkyl halides is 4. The number of nitrogens with zero attached hydrogens (tertiary/aromatic N) is 7. The van der Waals surface area contributed by atoms with Crippen molar-refractivity contribution in [2.45, 2.75) is 12.9 Å². The molecule has 0 radical (unpaired) electrons. The van der Waals surface area contributed by atoms with Crippen molar-refractivity contribution >= 4 is 49.9 Å². The van der Waals surface area contributed by atoms with Crippen LogP contribution in [0.5, 0.6) is 0 Å². The lowest BCUT2D eigenvalue weighted by molar-refractivity contribution is 0.0941. The minimum absolute atomic E-state index is 0.233. The first-order valence-electron chi connectivity index (χ1n) is 9.57. The summed E-state index contributed by atoms with van der Waals surface area (Å²) >= 11 is 4.25. The monoisotopic (exact) mass is 535 g/mol. The number of halogens is 5. The van der Waals surface area contributed by atoms with Gasteiger partial charge in [-0.25, -0.2) is 27.0 Å². The van der Waals surface area contributed by atoms with Crippen LogP contribution in [-0.4, -0.2) is 82.0 Å². The Morgan fingerprint density at radius 1 is 1.19 bits per heavy atom. The summed E-state index contributed by atoms with van der Waals surface area (Å²) in [4.78, 5) is 17.0. The van der Waals surface area contributed by atoms with Gasteiger partial charge in [-0.1, -0.05) is 27.3 Å². The molecule has 1 fully saturated rings. The van der Waals surface area contributed by atoms with Crippen LogP contribution < -0.4 is 4.90 Å². The Hall–Kier alpha value is -2.48. The standard InChI is InChI=1S/C18H18BrF4N7OS/c1-27(9-14(20)21)18(31)29-4-2-28(3-5-29)12-6-10(19)7-13-11(12)8-24-30(13)17-26-25-16(32-17)15(22)23/h6-8,14-15H,2-5,9H2,1H3. The summed E-state index contributed by atoms with van der Waals surface area (Å²) in [6.07, 6.45) is -3.65. The first-order chi connectivity index (χ1) is 15.2. The molecule has 0 bridgehead atoms. The van der Waals surface area contributed by atoms with Gasteiger partial charge in [0.25, 0.3) is 12.9 Å². The Labute approximate surface area is 192 Å². The fourth-order valence-corrected chi connectivity index (χ4v) is 4.66. The van der Waals surface area contributed by atoms with Crippen molar-refractivity contribution in [1.82, 2.24) is 29.8 Å². The first kappa shape index (κ1) is 22.7. The highest BCUT2D eigenvalue weighted by Crippen LogP contribution is 2.34. The van der Waals surface area contributed by atoms with Crippen LogP contribution in [-0.2, 0) is 0 Å². The van der Waals surface area contributed by atoms with E-state index in [1.54, 1.807) is 11.1 Å². The molecule has 1 saturated heterocycles. The van der Waals surface area contributed by atoms with E-state index in [4.69, 9.17) is 0 Å². The molecule has 2 amide bonds. The first-order valence-corrected chi connectivity index (χ1v) is 11.2. The van der Waals surface area contributed by atoms with E-state index in [0.29, 0.717) is 31.7 Å². The average molecular weight is 536 g/mol. The van der Waals surface area contributed by atoms with E-state index in [9.17, 15) is 22.4 Å². The minimum Gasteiger partial charge on any atom is -0.367 e. The number of rotatable bonds is 5. The number of hydrogen-bond acceptors (Lipinski definition) is 6. The Balaban J connectivity index is 1.55. The lowest BCUT2D eigenvalue weighted by Gasteiger charge is -2.38. The zero-order valence-corrected chi connectivity index (χ0v) is 19.2. The molecular formula is C18H18BrF4N7OS. The van der Waals surface area contributed by atoms with Crippen molar-refractivity contribution in [2.24, 2.45) is 0 Å². The van der Waals surface area contributed by atoms with Crippen molar-refractivity contribution < 1.29 is 22.4 Å². The molecule has 1 aromatic carbocycles. The number of aromatic nitrogens is 4. The van der Waals surface area contributed by atoms with Gasteiger partial charge in [0.15, 0.2) is 5.01 Å². The van der Waals surface area contributed by atoms with Gasteiger partial charge in [-0.3, -0.25) is 0 Å². The van der Waals surface area contributed by atoms with E-state index in [-0.39, 0.29) is 10.1 Å². The highest BCUT2D eigenvalue weighted by atomic mass is 79.9. The van der Waals surface area contributed by atoms with E-state index in [1.807, 2.05) is 12.1 Å². The number of carbonyl (C=O) groups is 1. The number of hydrogen-bond donors (Lipinski definition) is 0. The molecule has 1 aliphatic heterocycles. The van der Waals surface area contributed by atoms with Crippen molar-refractivity contribution in [1.29, 1.82) is 0 Å². The van der Waals surface area contributed by atoms with Gasteiger partial charge in [0.05, 0.1) is 18.3 Å². The van der Waals surface area contributed by atoms with Crippen LogP contribution in [0.1, 0.15) is 11.4 Å². The van der Waals surface area contributed by atoms with Gasteiger partial charge < -0.3 is 14.7 Å². The number of benzene rings is 1. The SMILES string of the molecule is CN(CC(F)F)C(=O)N1CCN(c2cc(Br)cc3c2cnn3-c2nnc(C(F)F)s2)CC1. The summed E-state index contributed by atoms with van der Waals surface area (Å²) in [6.45, 7) is 1.15. The predicted molar refractivity (Wildman–Crippen MR) is 115 cm³/mol. The van der Waals surface area contributed by atoms with Crippen LogP contribution in [0.25, 0.3) is 16.0 Å². The van der Waals surface area contributed by atoms with E-state index < -0.39 is 25.4 Å². The quantitative estimate of drug-likeness (QED) is 0.461. The van der Waals surface area contributed by atoms with Crippen LogP contribution >= 0.6 is 27.3 Å². The Kier molecular flexibility index (Phi) is 6.51. The largest absolute Gasteiger partial charge is 0.367 e. The molecule has 1 aliphatic rings. The lowest BCUT2D eigenvalue weighted by atomic mass is 10.2. The van der Waals surface area contributed by atoms with Crippen molar-refractivity contribution in [2.75, 3.05) is 44.7 Å². The van der Waals surface area contributed by atoms with Gasteiger partial charge in [-0.05, 0) is 12.1 Å². The van der Waals surface area contributed by atoms with E-state index >= 15 is 0 Å². The second kappa shape index (κ2) is 9.17. The summed E-state index contributed by atoms with van der Waals surface area (Å²) in [5.41, 5.74) is 1.52. The molecule has 0 saturated carbocycles. The maximum atomic E-state index is 12.9. The number of fused-ring (bicyclic) bond motifs is 1. The molecule has 8 nitrogen and oxygen atoms in total. The Morgan fingerprint density at radius 2 is 1.91 bits per heavy atom. The van der Waals surface area contributed by atoms with E-state index in [0.717, 1.165) is 31.8 Å². The lowest BCUT2D eigenvalue weighted by Crippen LogP contribution is -2.52. The van der Waals surface area contributed by atoms with Gasteiger partial charge in [-0.2, -0.15) is 5.10 Å². The highest BCUT2D eigenvalue weighted by Gasteiger charge is 2.26. The maximum Gasteiger partial charge on any atom is 0.320 e. The summed E-state index contributed by atoms with van der Waals surface area (Å²) < 4.78 is 53.2. The molecule has 2 aromatic heterocycles. The molecule has 0 unspecified atom stereocenters. The van der Waals surface area contributed by atoms with Crippen LogP contribution in [0.4, 0.5) is 28.0 Å². The summed E-state index contributed by atoms with van der Waals surface area (Å²) in [5, 5.41) is 12.3. The third-order valence-corrected chi connectivity index (χ3v) is 6.42. The van der Waals surface area contributed by atoms with Gasteiger partial charge in [0, 0.05) is 48.8 Å². The zero-order chi connectivity index (χ0) is 23.0. The molecule has 32 heavy (non-hydrogen) atoms. The highest BCUT2D eigenvalue weighted by molar-refractivity contribution is 9.10. The molecule has 172 valence electrons. The molecule has 0 N–H and O–H groups in total. The van der Waals surface area contributed by atoms with E-state index in [2.05, 4.69) is 36.1 Å². The molecule has 14 heteroatoms.